The molecule has 0 aliphatic heterocycles. The maximum absolute atomic E-state index is 13.6. The van der Waals surface area contributed by atoms with Gasteiger partial charge in [-0.2, -0.15) is 0 Å². The molecular weight excluding hydrogens is 297 g/mol. The number of carbonyl (C=O) groups excluding carboxylic acids is 1. The molecule has 98 valence electrons. The maximum atomic E-state index is 13.6. The third-order valence-corrected chi connectivity index (χ3v) is 4.41. The molecule has 4 heteroatoms. The molecule has 0 heterocycles. The van der Waals surface area contributed by atoms with Crippen LogP contribution in [0.1, 0.15) is 36.5 Å². The largest absolute Gasteiger partial charge is 0.352 e. The Kier molecular flexibility index (Phi) is 4.38. The normalized spacial score (nSPS) is 23.1. The zero-order chi connectivity index (χ0) is 13.1. The third kappa shape index (κ3) is 2.91. The molecule has 1 fully saturated rings. The Hall–Kier alpha value is -0.900. The fraction of sp³-hybridized carbons (Fsp3) is 0.500. The number of nitrogens with one attached hydrogen (secondary N) is 1. The van der Waals surface area contributed by atoms with E-state index in [0.29, 0.717) is 22.9 Å². The minimum atomic E-state index is -0.485. The number of hydrogen-bond acceptors (Lipinski definition) is 1. The highest BCUT2D eigenvalue weighted by atomic mass is 79.9. The molecule has 1 amide bonds. The summed E-state index contributed by atoms with van der Waals surface area (Å²) in [7, 11) is 0. The second-order valence-corrected chi connectivity index (χ2v) is 5.83. The molecule has 1 aliphatic rings. The molecule has 0 radical (unpaired) electrons. The summed E-state index contributed by atoms with van der Waals surface area (Å²) in [6, 6.07) is 4.56. The molecule has 2 rings (SSSR count). The molecule has 1 N–H and O–H groups in total. The Balaban J connectivity index is 1.99. The monoisotopic (exact) mass is 313 g/mol. The van der Waals surface area contributed by atoms with Gasteiger partial charge in [-0.1, -0.05) is 25.8 Å². The third-order valence-electron chi connectivity index (χ3n) is 3.75. The number of carbonyl (C=O) groups is 1. The lowest BCUT2D eigenvalue weighted by atomic mass is 9.98. The van der Waals surface area contributed by atoms with E-state index in [1.807, 2.05) is 0 Å². The number of benzene rings is 1. The summed E-state index contributed by atoms with van der Waals surface area (Å²) in [4.78, 5) is 12.0. The average molecular weight is 314 g/mol. The van der Waals surface area contributed by atoms with E-state index in [9.17, 15) is 9.18 Å². The predicted molar refractivity (Wildman–Crippen MR) is 72.9 cm³/mol. The van der Waals surface area contributed by atoms with Crippen LogP contribution in [0.25, 0.3) is 0 Å². The summed E-state index contributed by atoms with van der Waals surface area (Å²) < 4.78 is 14.1. The zero-order valence-electron chi connectivity index (χ0n) is 10.4. The molecule has 1 aliphatic carbocycles. The summed E-state index contributed by atoms with van der Waals surface area (Å²) in [5.41, 5.74) is 0.100. The molecule has 2 nitrogen and oxygen atoms in total. The topological polar surface area (TPSA) is 29.1 Å². The average Bonchev–Trinajstić information content (AvgIpc) is 2.72. The van der Waals surface area contributed by atoms with Crippen LogP contribution in [0, 0.1) is 17.7 Å². The fourth-order valence-corrected chi connectivity index (χ4v) is 3.07. The second kappa shape index (κ2) is 5.83. The van der Waals surface area contributed by atoms with Crippen LogP contribution in [-0.2, 0) is 0 Å². The minimum absolute atomic E-state index is 0.100. The van der Waals surface area contributed by atoms with Crippen molar-refractivity contribution in [2.24, 2.45) is 11.8 Å². The number of amides is 1. The lowest BCUT2D eigenvalue weighted by Crippen LogP contribution is -2.31. The van der Waals surface area contributed by atoms with E-state index in [1.165, 1.54) is 18.9 Å². The van der Waals surface area contributed by atoms with Crippen LogP contribution in [0.5, 0.6) is 0 Å². The van der Waals surface area contributed by atoms with Crippen LogP contribution >= 0.6 is 15.9 Å². The first-order valence-corrected chi connectivity index (χ1v) is 7.11. The summed E-state index contributed by atoms with van der Waals surface area (Å²) in [6.45, 7) is 2.85. The van der Waals surface area contributed by atoms with Gasteiger partial charge in [0.2, 0.25) is 0 Å². The molecule has 0 spiro atoms. The standard InChI is InChI=1S/C14H17BrFNO/c1-9-4-2-5-10(9)8-17-14(18)13-11(15)6-3-7-12(13)16/h3,6-7,9-10H,2,4-5,8H2,1H3,(H,17,18). The molecule has 2 unspecified atom stereocenters. The Morgan fingerprint density at radius 1 is 1.50 bits per heavy atom. The molecule has 1 aromatic rings. The lowest BCUT2D eigenvalue weighted by molar-refractivity contribution is 0.0939. The zero-order valence-corrected chi connectivity index (χ0v) is 12.0. The summed E-state index contributed by atoms with van der Waals surface area (Å²) in [6.07, 6.45) is 3.61. The highest BCUT2D eigenvalue weighted by Crippen LogP contribution is 2.30. The predicted octanol–water partition coefficient (Wildman–Crippen LogP) is 3.75. The fourth-order valence-electron chi connectivity index (χ4n) is 2.55. The Labute approximate surface area is 115 Å². The smallest absolute Gasteiger partial charge is 0.255 e. The van der Waals surface area contributed by atoms with E-state index in [2.05, 4.69) is 28.2 Å². The van der Waals surface area contributed by atoms with Crippen molar-refractivity contribution in [3.8, 4) is 0 Å². The van der Waals surface area contributed by atoms with Crippen molar-refractivity contribution >= 4 is 21.8 Å². The van der Waals surface area contributed by atoms with E-state index < -0.39 is 5.82 Å². The van der Waals surface area contributed by atoms with Gasteiger partial charge in [-0.25, -0.2) is 4.39 Å². The number of halogens is 2. The van der Waals surface area contributed by atoms with E-state index >= 15 is 0 Å². The second-order valence-electron chi connectivity index (χ2n) is 4.97. The van der Waals surface area contributed by atoms with Crippen LogP contribution in [0.4, 0.5) is 4.39 Å². The molecule has 2 atom stereocenters. The van der Waals surface area contributed by atoms with Crippen molar-refractivity contribution in [2.45, 2.75) is 26.2 Å². The Morgan fingerprint density at radius 2 is 2.28 bits per heavy atom. The van der Waals surface area contributed by atoms with Crippen molar-refractivity contribution in [3.05, 3.63) is 34.1 Å². The van der Waals surface area contributed by atoms with Crippen molar-refractivity contribution < 1.29 is 9.18 Å². The molecule has 0 saturated heterocycles. The van der Waals surface area contributed by atoms with Gasteiger partial charge in [0.25, 0.3) is 5.91 Å². The Bertz CT molecular complexity index is 429. The van der Waals surface area contributed by atoms with Gasteiger partial charge >= 0.3 is 0 Å². The van der Waals surface area contributed by atoms with Gasteiger partial charge in [-0.3, -0.25) is 4.79 Å². The Morgan fingerprint density at radius 3 is 2.89 bits per heavy atom. The molecule has 1 aromatic carbocycles. The maximum Gasteiger partial charge on any atom is 0.255 e. The van der Waals surface area contributed by atoms with E-state index in [-0.39, 0.29) is 11.5 Å². The van der Waals surface area contributed by atoms with Crippen molar-refractivity contribution in [1.29, 1.82) is 0 Å². The van der Waals surface area contributed by atoms with Gasteiger partial charge in [0.05, 0.1) is 5.56 Å². The highest BCUT2D eigenvalue weighted by Gasteiger charge is 2.24. The summed E-state index contributed by atoms with van der Waals surface area (Å²) in [5.74, 6) is 0.356. The summed E-state index contributed by atoms with van der Waals surface area (Å²) >= 11 is 3.21. The minimum Gasteiger partial charge on any atom is -0.352 e. The first-order chi connectivity index (χ1) is 8.59. The lowest BCUT2D eigenvalue weighted by Gasteiger charge is -2.16. The molecular formula is C14H17BrFNO. The van der Waals surface area contributed by atoms with Gasteiger partial charge in [0.15, 0.2) is 0 Å². The highest BCUT2D eigenvalue weighted by molar-refractivity contribution is 9.10. The molecule has 18 heavy (non-hydrogen) atoms. The van der Waals surface area contributed by atoms with Crippen molar-refractivity contribution in [1.82, 2.24) is 5.32 Å². The summed E-state index contributed by atoms with van der Waals surface area (Å²) in [5, 5.41) is 2.84. The van der Waals surface area contributed by atoms with Crippen LogP contribution in [0.2, 0.25) is 0 Å². The SMILES string of the molecule is CC1CCCC1CNC(=O)c1c(F)cccc1Br. The van der Waals surface area contributed by atoms with Gasteiger partial charge in [0, 0.05) is 11.0 Å². The van der Waals surface area contributed by atoms with E-state index in [4.69, 9.17) is 0 Å². The van der Waals surface area contributed by atoms with Crippen LogP contribution in [0.15, 0.2) is 22.7 Å². The van der Waals surface area contributed by atoms with Crippen LogP contribution in [-0.4, -0.2) is 12.5 Å². The number of hydrogen-bond donors (Lipinski definition) is 1. The van der Waals surface area contributed by atoms with Crippen LogP contribution < -0.4 is 5.32 Å². The first kappa shape index (κ1) is 13.5. The van der Waals surface area contributed by atoms with Crippen molar-refractivity contribution in [2.75, 3.05) is 6.54 Å². The van der Waals surface area contributed by atoms with Crippen LogP contribution in [0.3, 0.4) is 0 Å². The molecule has 1 saturated carbocycles. The van der Waals surface area contributed by atoms with Crippen molar-refractivity contribution in [3.63, 3.8) is 0 Å². The van der Waals surface area contributed by atoms with Gasteiger partial charge in [-0.05, 0) is 46.3 Å². The van der Waals surface area contributed by atoms with Gasteiger partial charge in [-0.15, -0.1) is 0 Å². The molecule has 0 bridgehead atoms. The quantitative estimate of drug-likeness (QED) is 0.904. The molecule has 0 aromatic heterocycles. The van der Waals surface area contributed by atoms with E-state index in [1.54, 1.807) is 12.1 Å². The number of rotatable bonds is 3. The van der Waals surface area contributed by atoms with Gasteiger partial charge in [0.1, 0.15) is 5.82 Å². The first-order valence-electron chi connectivity index (χ1n) is 6.32. The van der Waals surface area contributed by atoms with Gasteiger partial charge < -0.3 is 5.32 Å². The van der Waals surface area contributed by atoms with E-state index in [0.717, 1.165) is 6.42 Å².